The fourth-order valence-corrected chi connectivity index (χ4v) is 4.00. The predicted octanol–water partition coefficient (Wildman–Crippen LogP) is 5.97. The minimum Gasteiger partial charge on any atom is -0.366 e. The molecule has 126 valence electrons. The van der Waals surface area contributed by atoms with Crippen LogP contribution < -0.4 is 4.90 Å². The zero-order valence-corrected chi connectivity index (χ0v) is 15.7. The first-order valence-electron chi connectivity index (χ1n) is 8.13. The molecule has 0 spiro atoms. The first-order valence-corrected chi connectivity index (χ1v) is 8.88. The van der Waals surface area contributed by atoms with Gasteiger partial charge in [0.05, 0.1) is 15.6 Å². The summed E-state index contributed by atoms with van der Waals surface area (Å²) in [4.78, 5) is 15.2. The number of hydrogen-bond donors (Lipinski definition) is 0. The summed E-state index contributed by atoms with van der Waals surface area (Å²) >= 11 is 12.4. The molecule has 1 aliphatic rings. The molecule has 0 amide bonds. The van der Waals surface area contributed by atoms with Crippen molar-refractivity contribution in [2.24, 2.45) is 0 Å². The number of halogens is 2. The van der Waals surface area contributed by atoms with Crippen LogP contribution in [-0.2, 0) is 0 Å². The van der Waals surface area contributed by atoms with E-state index < -0.39 is 0 Å². The Bertz CT molecular complexity index is 759. The second kappa shape index (κ2) is 6.42. The van der Waals surface area contributed by atoms with Crippen LogP contribution in [0.3, 0.4) is 0 Å². The second-order valence-electron chi connectivity index (χ2n) is 7.26. The molecule has 0 bridgehead atoms. The van der Waals surface area contributed by atoms with Gasteiger partial charge in [0.25, 0.3) is 0 Å². The smallest absolute Gasteiger partial charge is 0.166 e. The lowest BCUT2D eigenvalue weighted by Crippen LogP contribution is -2.40. The van der Waals surface area contributed by atoms with Crippen LogP contribution >= 0.6 is 23.2 Å². The number of hydrogen-bond acceptors (Lipinski definition) is 2. The minimum atomic E-state index is 0.00108. The molecule has 1 heterocycles. The quantitative estimate of drug-likeness (QED) is 0.627. The summed E-state index contributed by atoms with van der Waals surface area (Å²) in [5, 5.41) is 0.845. The number of ketones is 1. The van der Waals surface area contributed by atoms with Crippen molar-refractivity contribution in [2.75, 3.05) is 11.4 Å². The third-order valence-corrected chi connectivity index (χ3v) is 5.18. The maximum atomic E-state index is 12.8. The highest BCUT2D eigenvalue weighted by molar-refractivity contribution is 6.39. The Hall–Kier alpha value is -1.51. The lowest BCUT2D eigenvalue weighted by Gasteiger charge is -2.34. The van der Waals surface area contributed by atoms with Crippen LogP contribution in [0.2, 0.25) is 10.0 Å². The Kier molecular flexibility index (Phi) is 4.63. The van der Waals surface area contributed by atoms with Gasteiger partial charge in [-0.3, -0.25) is 4.79 Å². The number of carbonyl (C=O) groups excluding carboxylic acids is 1. The molecule has 2 nitrogen and oxygen atoms in total. The summed E-state index contributed by atoms with van der Waals surface area (Å²) in [6.07, 6.45) is 0.410. The molecule has 4 heteroatoms. The van der Waals surface area contributed by atoms with E-state index in [1.54, 1.807) is 18.2 Å². The highest BCUT2D eigenvalue weighted by Crippen LogP contribution is 2.42. The van der Waals surface area contributed by atoms with E-state index >= 15 is 0 Å². The van der Waals surface area contributed by atoms with Crippen LogP contribution in [0.15, 0.2) is 42.5 Å². The molecule has 0 saturated heterocycles. The van der Waals surface area contributed by atoms with Crippen LogP contribution in [0, 0.1) is 0 Å². The summed E-state index contributed by atoms with van der Waals surface area (Å²) in [5.41, 5.74) is 2.89. The fourth-order valence-electron chi connectivity index (χ4n) is 3.40. The van der Waals surface area contributed by atoms with Gasteiger partial charge in [0.1, 0.15) is 0 Å². The standard InChI is InChI=1S/C20H21Cl2NO/c1-20(2,3)23-12-13(14-7-4-5-10-17(14)23)11-18(24)19-15(21)8-6-9-16(19)22/h4-10,13H,11-12H2,1-3H3. The lowest BCUT2D eigenvalue weighted by atomic mass is 9.93. The summed E-state index contributed by atoms with van der Waals surface area (Å²) in [6.45, 7) is 7.41. The molecule has 2 aromatic rings. The van der Waals surface area contributed by atoms with Gasteiger partial charge < -0.3 is 4.90 Å². The van der Waals surface area contributed by atoms with E-state index in [-0.39, 0.29) is 17.2 Å². The Morgan fingerprint density at radius 3 is 2.33 bits per heavy atom. The van der Waals surface area contributed by atoms with Crippen LogP contribution in [0.4, 0.5) is 5.69 Å². The maximum Gasteiger partial charge on any atom is 0.166 e. The summed E-state index contributed by atoms with van der Waals surface area (Å²) in [5.74, 6) is 0.154. The Labute approximate surface area is 153 Å². The van der Waals surface area contributed by atoms with Crippen molar-refractivity contribution in [3.05, 3.63) is 63.6 Å². The molecule has 0 fully saturated rings. The maximum absolute atomic E-state index is 12.8. The van der Waals surface area contributed by atoms with Crippen molar-refractivity contribution in [2.45, 2.75) is 38.6 Å². The molecule has 0 radical (unpaired) electrons. The average Bonchev–Trinajstić information content (AvgIpc) is 2.86. The SMILES string of the molecule is CC(C)(C)N1CC(CC(=O)c2c(Cl)cccc2Cl)c2ccccc21. The van der Waals surface area contributed by atoms with Crippen molar-refractivity contribution >= 4 is 34.7 Å². The van der Waals surface area contributed by atoms with Crippen molar-refractivity contribution < 1.29 is 4.79 Å². The van der Waals surface area contributed by atoms with E-state index in [0.717, 1.165) is 6.54 Å². The molecule has 0 saturated carbocycles. The Morgan fingerprint density at radius 2 is 1.71 bits per heavy atom. The van der Waals surface area contributed by atoms with E-state index in [1.807, 2.05) is 12.1 Å². The Balaban J connectivity index is 1.90. The molecule has 1 aliphatic heterocycles. The number of fused-ring (bicyclic) bond motifs is 1. The molecule has 1 unspecified atom stereocenters. The van der Waals surface area contributed by atoms with Crippen molar-refractivity contribution in [1.82, 2.24) is 0 Å². The van der Waals surface area contributed by atoms with Gasteiger partial charge in [0, 0.05) is 30.1 Å². The van der Waals surface area contributed by atoms with Crippen LogP contribution in [0.25, 0.3) is 0 Å². The number of rotatable bonds is 3. The molecular formula is C20H21Cl2NO. The van der Waals surface area contributed by atoms with Crippen LogP contribution in [0.5, 0.6) is 0 Å². The van der Waals surface area contributed by atoms with Gasteiger partial charge in [-0.25, -0.2) is 0 Å². The summed E-state index contributed by atoms with van der Waals surface area (Å²) in [7, 11) is 0. The topological polar surface area (TPSA) is 20.3 Å². The number of para-hydroxylation sites is 1. The van der Waals surface area contributed by atoms with Crippen molar-refractivity contribution in [3.63, 3.8) is 0 Å². The van der Waals surface area contributed by atoms with Gasteiger partial charge in [-0.15, -0.1) is 0 Å². The first kappa shape index (κ1) is 17.3. The number of nitrogens with zero attached hydrogens (tertiary/aromatic N) is 1. The van der Waals surface area contributed by atoms with E-state index in [2.05, 4.69) is 37.8 Å². The number of Topliss-reactive ketones (excluding diaryl/α,β-unsaturated/α-hetero) is 1. The number of carbonyl (C=O) groups is 1. The highest BCUT2D eigenvalue weighted by Gasteiger charge is 2.35. The number of benzene rings is 2. The normalized spacial score (nSPS) is 17.0. The minimum absolute atomic E-state index is 0.00108. The van der Waals surface area contributed by atoms with E-state index in [0.29, 0.717) is 22.0 Å². The zero-order valence-electron chi connectivity index (χ0n) is 14.1. The first-order chi connectivity index (χ1) is 11.3. The summed E-state index contributed by atoms with van der Waals surface area (Å²) < 4.78 is 0. The average molecular weight is 362 g/mol. The highest BCUT2D eigenvalue weighted by atomic mass is 35.5. The van der Waals surface area contributed by atoms with E-state index in [4.69, 9.17) is 23.2 Å². The van der Waals surface area contributed by atoms with E-state index in [1.165, 1.54) is 11.3 Å². The van der Waals surface area contributed by atoms with Gasteiger partial charge in [-0.1, -0.05) is 47.5 Å². The molecule has 0 N–H and O–H groups in total. The van der Waals surface area contributed by atoms with Crippen molar-refractivity contribution in [1.29, 1.82) is 0 Å². The molecule has 0 aliphatic carbocycles. The summed E-state index contributed by atoms with van der Waals surface area (Å²) in [6, 6.07) is 13.5. The van der Waals surface area contributed by atoms with Gasteiger partial charge in [0.15, 0.2) is 5.78 Å². The monoisotopic (exact) mass is 361 g/mol. The Morgan fingerprint density at radius 1 is 1.08 bits per heavy atom. The van der Waals surface area contributed by atoms with Crippen LogP contribution in [-0.4, -0.2) is 17.9 Å². The van der Waals surface area contributed by atoms with Crippen molar-refractivity contribution in [3.8, 4) is 0 Å². The molecule has 3 rings (SSSR count). The fraction of sp³-hybridized carbons (Fsp3) is 0.350. The van der Waals surface area contributed by atoms with Crippen LogP contribution in [0.1, 0.15) is 49.0 Å². The van der Waals surface area contributed by atoms with Gasteiger partial charge in [0.2, 0.25) is 0 Å². The third kappa shape index (κ3) is 3.18. The predicted molar refractivity (Wildman–Crippen MR) is 102 cm³/mol. The lowest BCUT2D eigenvalue weighted by molar-refractivity contribution is 0.0975. The molecule has 1 atom stereocenters. The number of anilines is 1. The van der Waals surface area contributed by atoms with Gasteiger partial charge >= 0.3 is 0 Å². The van der Waals surface area contributed by atoms with Gasteiger partial charge in [-0.2, -0.15) is 0 Å². The second-order valence-corrected chi connectivity index (χ2v) is 8.08. The van der Waals surface area contributed by atoms with E-state index in [9.17, 15) is 4.79 Å². The molecule has 0 aromatic heterocycles. The zero-order chi connectivity index (χ0) is 17.5. The molecule has 2 aromatic carbocycles. The van der Waals surface area contributed by atoms with Gasteiger partial charge in [-0.05, 0) is 44.5 Å². The molecular weight excluding hydrogens is 341 g/mol. The third-order valence-electron chi connectivity index (χ3n) is 4.55. The largest absolute Gasteiger partial charge is 0.366 e. The molecule has 24 heavy (non-hydrogen) atoms.